The molecular formula is C9H13NS2. The third-order valence-corrected chi connectivity index (χ3v) is 2.31. The molecule has 1 aromatic carbocycles. The molecule has 0 aliphatic rings. The van der Waals surface area contributed by atoms with Crippen molar-refractivity contribution in [3.05, 3.63) is 23.8 Å². The van der Waals surface area contributed by atoms with E-state index in [1.807, 2.05) is 25.1 Å². The van der Waals surface area contributed by atoms with Crippen LogP contribution < -0.4 is 5.73 Å². The molecule has 1 aromatic rings. The lowest BCUT2D eigenvalue weighted by atomic mass is 10.1. The van der Waals surface area contributed by atoms with Crippen LogP contribution in [0.25, 0.3) is 0 Å². The van der Waals surface area contributed by atoms with Crippen LogP contribution in [0.4, 0.5) is 0 Å². The van der Waals surface area contributed by atoms with Gasteiger partial charge in [-0.2, -0.15) is 0 Å². The van der Waals surface area contributed by atoms with Crippen molar-refractivity contribution in [3.63, 3.8) is 0 Å². The first-order chi connectivity index (χ1) is 5.59. The van der Waals surface area contributed by atoms with Crippen molar-refractivity contribution in [1.82, 2.24) is 0 Å². The molecule has 0 aliphatic heterocycles. The van der Waals surface area contributed by atoms with E-state index in [0.29, 0.717) is 0 Å². The Balaban J connectivity index is 2.86. The first-order valence-electron chi connectivity index (χ1n) is 3.86. The fourth-order valence-electron chi connectivity index (χ4n) is 1.07. The molecule has 0 spiro atoms. The Morgan fingerprint density at radius 2 is 2.08 bits per heavy atom. The quantitative estimate of drug-likeness (QED) is 0.625. The van der Waals surface area contributed by atoms with Crippen LogP contribution in [-0.4, -0.2) is 6.04 Å². The average Bonchev–Trinajstić information content (AvgIpc) is 1.94. The lowest BCUT2D eigenvalue weighted by Crippen LogP contribution is -2.17. The SMILES string of the molecule is CC(N)Cc1ccc(S)cc1S. The zero-order valence-electron chi connectivity index (χ0n) is 6.99. The van der Waals surface area contributed by atoms with Gasteiger partial charge in [0.1, 0.15) is 0 Å². The van der Waals surface area contributed by atoms with Crippen molar-refractivity contribution in [2.24, 2.45) is 5.73 Å². The van der Waals surface area contributed by atoms with Crippen LogP contribution in [0.5, 0.6) is 0 Å². The average molecular weight is 199 g/mol. The van der Waals surface area contributed by atoms with Crippen molar-refractivity contribution in [3.8, 4) is 0 Å². The van der Waals surface area contributed by atoms with Crippen molar-refractivity contribution in [2.45, 2.75) is 29.2 Å². The van der Waals surface area contributed by atoms with Crippen molar-refractivity contribution < 1.29 is 0 Å². The van der Waals surface area contributed by atoms with Crippen molar-refractivity contribution in [1.29, 1.82) is 0 Å². The molecule has 0 heterocycles. The summed E-state index contributed by atoms with van der Waals surface area (Å²) in [4.78, 5) is 1.91. The molecule has 0 saturated carbocycles. The number of nitrogens with two attached hydrogens (primary N) is 1. The van der Waals surface area contributed by atoms with Gasteiger partial charge >= 0.3 is 0 Å². The fourth-order valence-corrected chi connectivity index (χ4v) is 1.68. The van der Waals surface area contributed by atoms with Gasteiger partial charge in [0.2, 0.25) is 0 Å². The molecule has 1 nitrogen and oxygen atoms in total. The van der Waals surface area contributed by atoms with Gasteiger partial charge in [0.15, 0.2) is 0 Å². The van der Waals surface area contributed by atoms with Crippen LogP contribution in [0.15, 0.2) is 28.0 Å². The molecular weight excluding hydrogens is 186 g/mol. The standard InChI is InChI=1S/C9H13NS2/c1-6(10)4-7-2-3-8(11)5-9(7)12/h2-3,5-6,11-12H,4,10H2,1H3. The monoisotopic (exact) mass is 199 g/mol. The van der Waals surface area contributed by atoms with Gasteiger partial charge in [-0.05, 0) is 31.0 Å². The minimum Gasteiger partial charge on any atom is -0.328 e. The summed E-state index contributed by atoms with van der Waals surface area (Å²) in [5, 5.41) is 0. The number of rotatable bonds is 2. The van der Waals surface area contributed by atoms with Gasteiger partial charge in [-0.15, -0.1) is 25.3 Å². The normalized spacial score (nSPS) is 13.0. The highest BCUT2D eigenvalue weighted by Gasteiger charge is 2.01. The van der Waals surface area contributed by atoms with Gasteiger partial charge in [0.05, 0.1) is 0 Å². The Kier molecular flexibility index (Phi) is 3.50. The summed E-state index contributed by atoms with van der Waals surface area (Å²) in [6, 6.07) is 6.10. The molecule has 0 fully saturated rings. The van der Waals surface area contributed by atoms with Crippen molar-refractivity contribution in [2.75, 3.05) is 0 Å². The molecule has 2 N–H and O–H groups in total. The number of benzene rings is 1. The number of hydrogen-bond acceptors (Lipinski definition) is 3. The highest BCUT2D eigenvalue weighted by Crippen LogP contribution is 2.19. The lowest BCUT2D eigenvalue weighted by Gasteiger charge is -2.07. The molecule has 0 aliphatic carbocycles. The predicted molar refractivity (Wildman–Crippen MR) is 58.3 cm³/mol. The predicted octanol–water partition coefficient (Wildman–Crippen LogP) is 2.15. The van der Waals surface area contributed by atoms with E-state index in [4.69, 9.17) is 5.73 Å². The smallest absolute Gasteiger partial charge is 0.00836 e. The molecule has 66 valence electrons. The zero-order chi connectivity index (χ0) is 9.14. The van der Waals surface area contributed by atoms with Crippen LogP contribution in [0.2, 0.25) is 0 Å². The van der Waals surface area contributed by atoms with Gasteiger partial charge in [-0.25, -0.2) is 0 Å². The first-order valence-corrected chi connectivity index (χ1v) is 4.75. The first kappa shape index (κ1) is 9.96. The summed E-state index contributed by atoms with van der Waals surface area (Å²) in [5.74, 6) is 0. The Morgan fingerprint density at radius 1 is 1.42 bits per heavy atom. The largest absolute Gasteiger partial charge is 0.328 e. The highest BCUT2D eigenvalue weighted by atomic mass is 32.1. The summed E-state index contributed by atoms with van der Waals surface area (Å²) in [6.07, 6.45) is 0.868. The summed E-state index contributed by atoms with van der Waals surface area (Å²) in [6.45, 7) is 1.99. The maximum absolute atomic E-state index is 5.68. The third kappa shape index (κ3) is 2.73. The molecule has 12 heavy (non-hydrogen) atoms. The second-order valence-electron chi connectivity index (χ2n) is 2.99. The van der Waals surface area contributed by atoms with Gasteiger partial charge in [-0.3, -0.25) is 0 Å². The van der Waals surface area contributed by atoms with Crippen LogP contribution >= 0.6 is 25.3 Å². The molecule has 0 bridgehead atoms. The maximum Gasteiger partial charge on any atom is 0.00836 e. The summed E-state index contributed by atoms with van der Waals surface area (Å²) < 4.78 is 0. The fraction of sp³-hybridized carbons (Fsp3) is 0.333. The second-order valence-corrected chi connectivity index (χ2v) is 3.99. The van der Waals surface area contributed by atoms with E-state index >= 15 is 0 Å². The van der Waals surface area contributed by atoms with E-state index in [1.165, 1.54) is 5.56 Å². The molecule has 0 saturated heterocycles. The van der Waals surface area contributed by atoms with Gasteiger partial charge < -0.3 is 5.73 Å². The van der Waals surface area contributed by atoms with Crippen LogP contribution in [0, 0.1) is 0 Å². The zero-order valence-corrected chi connectivity index (χ0v) is 8.78. The van der Waals surface area contributed by atoms with Gasteiger partial charge in [0, 0.05) is 15.8 Å². The van der Waals surface area contributed by atoms with Crippen LogP contribution in [-0.2, 0) is 6.42 Å². The molecule has 1 atom stereocenters. The molecule has 0 aromatic heterocycles. The maximum atomic E-state index is 5.68. The lowest BCUT2D eigenvalue weighted by molar-refractivity contribution is 0.729. The van der Waals surface area contributed by atoms with E-state index in [9.17, 15) is 0 Å². The minimum atomic E-state index is 0.182. The number of hydrogen-bond donors (Lipinski definition) is 3. The summed E-state index contributed by atoms with van der Waals surface area (Å²) in [5.41, 5.74) is 6.86. The Morgan fingerprint density at radius 3 is 2.58 bits per heavy atom. The molecule has 0 radical (unpaired) electrons. The highest BCUT2D eigenvalue weighted by molar-refractivity contribution is 7.81. The molecule has 1 rings (SSSR count). The van der Waals surface area contributed by atoms with Gasteiger partial charge in [0.25, 0.3) is 0 Å². The minimum absolute atomic E-state index is 0.182. The van der Waals surface area contributed by atoms with Crippen molar-refractivity contribution >= 4 is 25.3 Å². The van der Waals surface area contributed by atoms with Crippen LogP contribution in [0.3, 0.4) is 0 Å². The molecule has 1 unspecified atom stereocenters. The Labute approximate surface area is 84.2 Å². The van der Waals surface area contributed by atoms with Gasteiger partial charge in [-0.1, -0.05) is 6.07 Å². The van der Waals surface area contributed by atoms with E-state index in [0.717, 1.165) is 16.2 Å². The van der Waals surface area contributed by atoms with Crippen LogP contribution in [0.1, 0.15) is 12.5 Å². The summed E-state index contributed by atoms with van der Waals surface area (Å²) >= 11 is 8.55. The number of thiol groups is 2. The van der Waals surface area contributed by atoms with E-state index < -0.39 is 0 Å². The molecule has 0 amide bonds. The van der Waals surface area contributed by atoms with E-state index in [1.54, 1.807) is 0 Å². The Bertz CT molecular complexity index is 271. The second kappa shape index (κ2) is 4.21. The van der Waals surface area contributed by atoms with E-state index in [2.05, 4.69) is 25.3 Å². The molecule has 3 heteroatoms. The van der Waals surface area contributed by atoms with E-state index in [-0.39, 0.29) is 6.04 Å². The Hall–Kier alpha value is -0.120. The topological polar surface area (TPSA) is 26.0 Å². The third-order valence-electron chi connectivity index (χ3n) is 1.61. The summed E-state index contributed by atoms with van der Waals surface area (Å²) in [7, 11) is 0.